The fourth-order valence-corrected chi connectivity index (χ4v) is 2.38. The van der Waals surface area contributed by atoms with E-state index in [1.165, 1.54) is 18.9 Å². The van der Waals surface area contributed by atoms with Gasteiger partial charge in [0, 0.05) is 24.7 Å². The number of nitrogens with zero attached hydrogens (tertiary/aromatic N) is 1. The fraction of sp³-hybridized carbons (Fsp3) is 0.533. The minimum atomic E-state index is -0.317. The fourth-order valence-electron chi connectivity index (χ4n) is 2.38. The second-order valence-corrected chi connectivity index (χ2v) is 5.82. The van der Waals surface area contributed by atoms with Crippen molar-refractivity contribution in [1.82, 2.24) is 4.90 Å². The van der Waals surface area contributed by atoms with Gasteiger partial charge in [0.1, 0.15) is 11.7 Å². The largest absolute Gasteiger partial charge is 0.384 e. The van der Waals surface area contributed by atoms with Gasteiger partial charge >= 0.3 is 0 Å². The van der Waals surface area contributed by atoms with E-state index in [9.17, 15) is 4.39 Å². The Morgan fingerprint density at radius 1 is 1.42 bits per heavy atom. The second-order valence-electron chi connectivity index (χ2n) is 5.82. The molecule has 104 valence electrons. The standard InChI is InChI=1S/C15H22FN3/c1-10(2)8-19(14-3-4-14)9-11-5-12(15(17)18)7-13(16)6-11/h5-7,10,14H,3-4,8-9H2,1-2H3,(H3,17,18). The molecule has 1 aromatic rings. The van der Waals surface area contributed by atoms with Crippen LogP contribution in [0.2, 0.25) is 0 Å². The quantitative estimate of drug-likeness (QED) is 0.612. The predicted molar refractivity (Wildman–Crippen MR) is 75.7 cm³/mol. The third kappa shape index (κ3) is 4.03. The highest BCUT2D eigenvalue weighted by atomic mass is 19.1. The van der Waals surface area contributed by atoms with Crippen molar-refractivity contribution in [2.45, 2.75) is 39.3 Å². The number of nitrogens with two attached hydrogens (primary N) is 1. The summed E-state index contributed by atoms with van der Waals surface area (Å²) in [6.07, 6.45) is 2.48. The highest BCUT2D eigenvalue weighted by molar-refractivity contribution is 5.95. The molecule has 0 atom stereocenters. The monoisotopic (exact) mass is 263 g/mol. The molecule has 0 unspecified atom stereocenters. The Bertz CT molecular complexity index is 466. The number of hydrogen-bond donors (Lipinski definition) is 2. The van der Waals surface area contributed by atoms with E-state index < -0.39 is 0 Å². The Balaban J connectivity index is 2.14. The summed E-state index contributed by atoms with van der Waals surface area (Å²) < 4.78 is 13.5. The van der Waals surface area contributed by atoms with Crippen LogP contribution in [0.25, 0.3) is 0 Å². The third-order valence-electron chi connectivity index (χ3n) is 3.32. The number of benzene rings is 1. The molecule has 0 aromatic heterocycles. The van der Waals surface area contributed by atoms with Crippen LogP contribution >= 0.6 is 0 Å². The van der Waals surface area contributed by atoms with Gasteiger partial charge in [-0.2, -0.15) is 0 Å². The van der Waals surface area contributed by atoms with Gasteiger partial charge < -0.3 is 5.73 Å². The average molecular weight is 263 g/mol. The van der Waals surface area contributed by atoms with Crippen LogP contribution < -0.4 is 5.73 Å². The van der Waals surface area contributed by atoms with Crippen LogP contribution in [0.4, 0.5) is 4.39 Å². The van der Waals surface area contributed by atoms with Crippen LogP contribution in [-0.4, -0.2) is 23.3 Å². The normalized spacial score (nSPS) is 15.2. The van der Waals surface area contributed by atoms with E-state index >= 15 is 0 Å². The van der Waals surface area contributed by atoms with Crippen LogP contribution in [-0.2, 0) is 6.54 Å². The van der Waals surface area contributed by atoms with Crippen molar-refractivity contribution >= 4 is 5.84 Å². The zero-order valence-corrected chi connectivity index (χ0v) is 11.6. The lowest BCUT2D eigenvalue weighted by Crippen LogP contribution is -2.29. The first-order valence-electron chi connectivity index (χ1n) is 6.83. The number of hydrogen-bond acceptors (Lipinski definition) is 2. The van der Waals surface area contributed by atoms with Gasteiger partial charge in [0.25, 0.3) is 0 Å². The van der Waals surface area contributed by atoms with E-state index in [-0.39, 0.29) is 11.7 Å². The van der Waals surface area contributed by atoms with E-state index in [4.69, 9.17) is 11.1 Å². The summed E-state index contributed by atoms with van der Waals surface area (Å²) in [5.41, 5.74) is 6.81. The van der Waals surface area contributed by atoms with Gasteiger partial charge in [0.15, 0.2) is 0 Å². The molecule has 1 fully saturated rings. The van der Waals surface area contributed by atoms with Crippen LogP contribution in [0.5, 0.6) is 0 Å². The van der Waals surface area contributed by atoms with Gasteiger partial charge in [-0.1, -0.05) is 13.8 Å². The smallest absolute Gasteiger partial charge is 0.124 e. The SMILES string of the molecule is CC(C)CN(Cc1cc(F)cc(C(=N)N)c1)C1CC1. The molecule has 1 saturated carbocycles. The van der Waals surface area contributed by atoms with Crippen LogP contribution in [0.3, 0.4) is 0 Å². The van der Waals surface area contributed by atoms with Crippen molar-refractivity contribution in [1.29, 1.82) is 5.41 Å². The first kappa shape index (κ1) is 14.0. The molecule has 0 spiro atoms. The van der Waals surface area contributed by atoms with Crippen LogP contribution in [0.15, 0.2) is 18.2 Å². The lowest BCUT2D eigenvalue weighted by Gasteiger charge is -2.24. The highest BCUT2D eigenvalue weighted by Crippen LogP contribution is 2.29. The molecule has 0 saturated heterocycles. The summed E-state index contributed by atoms with van der Waals surface area (Å²) in [6.45, 7) is 6.15. The molecular formula is C15H22FN3. The van der Waals surface area contributed by atoms with Gasteiger partial charge in [0.2, 0.25) is 0 Å². The minimum Gasteiger partial charge on any atom is -0.384 e. The Kier molecular flexibility index (Phi) is 4.20. The van der Waals surface area contributed by atoms with E-state index in [1.807, 2.05) is 6.07 Å². The maximum Gasteiger partial charge on any atom is 0.124 e. The summed E-state index contributed by atoms with van der Waals surface area (Å²) in [4.78, 5) is 2.41. The van der Waals surface area contributed by atoms with E-state index in [0.717, 1.165) is 18.7 Å². The van der Waals surface area contributed by atoms with Gasteiger partial charge in [-0.25, -0.2) is 4.39 Å². The number of nitrogens with one attached hydrogen (secondary N) is 1. The maximum absolute atomic E-state index is 13.5. The van der Waals surface area contributed by atoms with Crippen molar-refractivity contribution in [3.05, 3.63) is 35.1 Å². The second kappa shape index (κ2) is 5.70. The van der Waals surface area contributed by atoms with Crippen molar-refractivity contribution < 1.29 is 4.39 Å². The molecule has 3 nitrogen and oxygen atoms in total. The highest BCUT2D eigenvalue weighted by Gasteiger charge is 2.29. The lowest BCUT2D eigenvalue weighted by atomic mass is 10.1. The molecule has 1 aliphatic rings. The van der Waals surface area contributed by atoms with Gasteiger partial charge in [-0.15, -0.1) is 0 Å². The number of nitrogen functional groups attached to an aromatic ring is 1. The zero-order valence-electron chi connectivity index (χ0n) is 11.6. The lowest BCUT2D eigenvalue weighted by molar-refractivity contribution is 0.226. The van der Waals surface area contributed by atoms with E-state index in [2.05, 4.69) is 18.7 Å². The van der Waals surface area contributed by atoms with E-state index in [1.54, 1.807) is 6.07 Å². The Morgan fingerprint density at radius 2 is 2.11 bits per heavy atom. The number of halogens is 1. The molecular weight excluding hydrogens is 241 g/mol. The minimum absolute atomic E-state index is 0.0809. The molecule has 1 aromatic carbocycles. The first-order valence-corrected chi connectivity index (χ1v) is 6.83. The molecule has 0 bridgehead atoms. The number of amidine groups is 1. The molecule has 19 heavy (non-hydrogen) atoms. The summed E-state index contributed by atoms with van der Waals surface area (Å²) >= 11 is 0. The molecule has 0 heterocycles. The summed E-state index contributed by atoms with van der Waals surface area (Å²) in [6, 6.07) is 5.32. The molecule has 0 amide bonds. The molecule has 0 aliphatic heterocycles. The van der Waals surface area contributed by atoms with Gasteiger partial charge in [0.05, 0.1) is 0 Å². The first-order chi connectivity index (χ1) is 8.95. The molecule has 1 aliphatic carbocycles. The third-order valence-corrected chi connectivity index (χ3v) is 3.32. The molecule has 4 heteroatoms. The number of rotatable bonds is 6. The van der Waals surface area contributed by atoms with Crippen molar-refractivity contribution in [3.8, 4) is 0 Å². The predicted octanol–water partition coefficient (Wildman–Crippen LogP) is 2.73. The summed E-state index contributed by atoms with van der Waals surface area (Å²) in [5, 5.41) is 7.42. The van der Waals surface area contributed by atoms with Crippen molar-refractivity contribution in [2.24, 2.45) is 11.7 Å². The average Bonchev–Trinajstić information content (AvgIpc) is 3.10. The summed E-state index contributed by atoms with van der Waals surface area (Å²) in [5.74, 6) is 0.201. The Hall–Kier alpha value is -1.42. The Morgan fingerprint density at radius 3 is 2.63 bits per heavy atom. The molecule has 2 rings (SSSR count). The maximum atomic E-state index is 13.5. The topological polar surface area (TPSA) is 53.1 Å². The Labute approximate surface area is 114 Å². The summed E-state index contributed by atoms with van der Waals surface area (Å²) in [7, 11) is 0. The van der Waals surface area contributed by atoms with Crippen molar-refractivity contribution in [2.75, 3.05) is 6.54 Å². The van der Waals surface area contributed by atoms with E-state index in [0.29, 0.717) is 17.5 Å². The zero-order chi connectivity index (χ0) is 14.0. The van der Waals surface area contributed by atoms with Gasteiger partial charge in [-0.05, 0) is 42.5 Å². The van der Waals surface area contributed by atoms with Crippen molar-refractivity contribution in [3.63, 3.8) is 0 Å². The molecule has 3 N–H and O–H groups in total. The van der Waals surface area contributed by atoms with Crippen LogP contribution in [0, 0.1) is 17.1 Å². The van der Waals surface area contributed by atoms with Crippen LogP contribution in [0.1, 0.15) is 37.8 Å². The molecule has 0 radical (unpaired) electrons. The van der Waals surface area contributed by atoms with Gasteiger partial charge in [-0.3, -0.25) is 10.3 Å².